The van der Waals surface area contributed by atoms with Crippen molar-refractivity contribution in [2.24, 2.45) is 0 Å². The molecule has 27 heavy (non-hydrogen) atoms. The zero-order valence-corrected chi connectivity index (χ0v) is 19.1. The van der Waals surface area contributed by atoms with Crippen LogP contribution in [0.25, 0.3) is 0 Å². The molecule has 1 N–H and O–H groups in total. The molecule has 0 bridgehead atoms. The van der Waals surface area contributed by atoms with E-state index in [1.54, 1.807) is 0 Å². The van der Waals surface area contributed by atoms with Crippen LogP contribution in [-0.2, 0) is 0 Å². The van der Waals surface area contributed by atoms with Gasteiger partial charge >= 0.3 is 0 Å². The molecule has 0 aliphatic carbocycles. The van der Waals surface area contributed by atoms with Crippen LogP contribution in [0, 0.1) is 0 Å². The molecule has 0 saturated heterocycles. The summed E-state index contributed by atoms with van der Waals surface area (Å²) in [6.07, 6.45) is 26.6. The first-order chi connectivity index (χ1) is 13.2. The molecule has 2 nitrogen and oxygen atoms in total. The van der Waals surface area contributed by atoms with Gasteiger partial charge in [-0.05, 0) is 32.6 Å². The fourth-order valence-corrected chi connectivity index (χ4v) is 4.31. The third-order valence-corrected chi connectivity index (χ3v) is 6.23. The van der Waals surface area contributed by atoms with Crippen LogP contribution in [0.4, 0.5) is 0 Å². The summed E-state index contributed by atoms with van der Waals surface area (Å²) in [7, 11) is 0. The first-order valence-electron chi connectivity index (χ1n) is 12.3. The maximum atomic E-state index is 3.59. The second-order valence-corrected chi connectivity index (χ2v) is 8.67. The third kappa shape index (κ3) is 10.4. The van der Waals surface area contributed by atoms with Gasteiger partial charge in [0.15, 0.2) is 0 Å². The Labute approximate surface area is 170 Å². The lowest BCUT2D eigenvalue weighted by Crippen LogP contribution is -2.41. The highest BCUT2D eigenvalue weighted by Crippen LogP contribution is 2.24. The van der Waals surface area contributed by atoms with Crippen LogP contribution in [0.3, 0.4) is 0 Å². The van der Waals surface area contributed by atoms with E-state index in [0.717, 1.165) is 0 Å². The number of aromatic amines is 1. The monoisotopic (exact) mass is 377 g/mol. The first-order valence-corrected chi connectivity index (χ1v) is 12.3. The lowest BCUT2D eigenvalue weighted by Gasteiger charge is -2.16. The van der Waals surface area contributed by atoms with Gasteiger partial charge in [-0.3, -0.25) is 0 Å². The highest BCUT2D eigenvalue weighted by Gasteiger charge is 2.24. The van der Waals surface area contributed by atoms with Crippen molar-refractivity contribution in [1.29, 1.82) is 0 Å². The Morgan fingerprint density at radius 1 is 0.741 bits per heavy atom. The molecule has 1 aromatic heterocycles. The summed E-state index contributed by atoms with van der Waals surface area (Å²) < 4.78 is 2.54. The Morgan fingerprint density at radius 2 is 1.26 bits per heavy atom. The summed E-state index contributed by atoms with van der Waals surface area (Å²) in [6.45, 7) is 9.35. The van der Waals surface area contributed by atoms with Gasteiger partial charge in [0.05, 0.1) is 12.0 Å². The van der Waals surface area contributed by atoms with Gasteiger partial charge in [-0.1, -0.05) is 97.8 Å². The van der Waals surface area contributed by atoms with Crippen molar-refractivity contribution in [3.63, 3.8) is 0 Å². The zero-order valence-electron chi connectivity index (χ0n) is 19.1. The zero-order chi connectivity index (χ0) is 19.7. The number of nitrogens with one attached hydrogen (secondary N) is 1. The average molecular weight is 378 g/mol. The molecule has 0 saturated carbocycles. The van der Waals surface area contributed by atoms with E-state index in [9.17, 15) is 0 Å². The lowest BCUT2D eigenvalue weighted by atomic mass is 9.96. The van der Waals surface area contributed by atoms with E-state index < -0.39 is 0 Å². The molecule has 0 aromatic carbocycles. The summed E-state index contributed by atoms with van der Waals surface area (Å²) in [5.74, 6) is 2.17. The van der Waals surface area contributed by atoms with Crippen molar-refractivity contribution in [2.75, 3.05) is 0 Å². The third-order valence-electron chi connectivity index (χ3n) is 6.23. The molecular formula is C25H49N2+. The SMILES string of the molecule is CCCCCCCCCCC(CC)c1[nH]cc[n+]1C(C)CCCCCCC. The molecule has 1 heterocycles. The molecule has 0 spiro atoms. The van der Waals surface area contributed by atoms with E-state index >= 15 is 0 Å². The molecule has 1 rings (SSSR count). The number of rotatable bonds is 18. The summed E-state index contributed by atoms with van der Waals surface area (Å²) in [6, 6.07) is 0.625. The number of H-pyrrole nitrogens is 1. The number of hydrogen-bond donors (Lipinski definition) is 1. The Hall–Kier alpha value is -0.790. The molecule has 2 heteroatoms. The highest BCUT2D eigenvalue weighted by molar-refractivity contribution is 4.89. The first kappa shape index (κ1) is 24.2. The van der Waals surface area contributed by atoms with Gasteiger partial charge in [-0.15, -0.1) is 0 Å². The van der Waals surface area contributed by atoms with Crippen LogP contribution in [-0.4, -0.2) is 4.98 Å². The summed E-state index contributed by atoms with van der Waals surface area (Å²) in [5, 5.41) is 0. The quantitative estimate of drug-likeness (QED) is 0.196. The molecule has 0 aliphatic rings. The van der Waals surface area contributed by atoms with Crippen LogP contribution < -0.4 is 4.57 Å². The fourth-order valence-electron chi connectivity index (χ4n) is 4.31. The lowest BCUT2D eigenvalue weighted by molar-refractivity contribution is -0.727. The molecule has 0 amide bonds. The Kier molecular flexibility index (Phi) is 14.5. The van der Waals surface area contributed by atoms with Crippen LogP contribution in [0.15, 0.2) is 12.4 Å². The van der Waals surface area contributed by atoms with Crippen molar-refractivity contribution in [3.05, 3.63) is 18.2 Å². The van der Waals surface area contributed by atoms with Crippen molar-refractivity contribution in [1.82, 2.24) is 4.98 Å². The summed E-state index contributed by atoms with van der Waals surface area (Å²) in [5.41, 5.74) is 0. The maximum Gasteiger partial charge on any atom is 0.257 e. The van der Waals surface area contributed by atoms with E-state index in [2.05, 4.69) is 49.6 Å². The predicted molar refractivity (Wildman–Crippen MR) is 119 cm³/mol. The largest absolute Gasteiger partial charge is 0.257 e. The van der Waals surface area contributed by atoms with Gasteiger partial charge in [0.1, 0.15) is 12.4 Å². The van der Waals surface area contributed by atoms with Gasteiger partial charge < -0.3 is 0 Å². The minimum Gasteiger partial charge on any atom is -0.247 e. The number of aromatic nitrogens is 2. The number of imidazole rings is 1. The van der Waals surface area contributed by atoms with E-state index in [1.807, 2.05) is 0 Å². The van der Waals surface area contributed by atoms with Crippen LogP contribution in [0.2, 0.25) is 0 Å². The van der Waals surface area contributed by atoms with Gasteiger partial charge in [0.2, 0.25) is 0 Å². The normalized spacial score (nSPS) is 13.8. The van der Waals surface area contributed by atoms with Crippen LogP contribution in [0.5, 0.6) is 0 Å². The molecule has 1 aromatic rings. The smallest absolute Gasteiger partial charge is 0.247 e. The molecule has 158 valence electrons. The van der Waals surface area contributed by atoms with E-state index in [1.165, 1.54) is 109 Å². The van der Waals surface area contributed by atoms with Gasteiger partial charge in [0.25, 0.3) is 5.82 Å². The molecule has 0 aliphatic heterocycles. The van der Waals surface area contributed by atoms with Crippen LogP contribution in [0.1, 0.15) is 148 Å². The highest BCUT2D eigenvalue weighted by atomic mass is 15.1. The topological polar surface area (TPSA) is 19.7 Å². The second-order valence-electron chi connectivity index (χ2n) is 8.67. The Bertz CT molecular complexity index is 437. The molecule has 2 unspecified atom stereocenters. The van der Waals surface area contributed by atoms with Gasteiger partial charge in [-0.2, -0.15) is 0 Å². The number of nitrogens with zero attached hydrogens (tertiary/aromatic N) is 1. The summed E-state index contributed by atoms with van der Waals surface area (Å²) in [4.78, 5) is 3.59. The predicted octanol–water partition coefficient (Wildman–Crippen LogP) is 8.25. The van der Waals surface area contributed by atoms with Crippen LogP contribution >= 0.6 is 0 Å². The maximum absolute atomic E-state index is 3.59. The standard InChI is InChI=1S/C25H48N2/c1-5-8-10-12-13-14-16-18-20-24(7-3)25-26-21-22-27(25)23(4)19-17-15-11-9-6-2/h21-24H,5-20H2,1-4H3/p+1. The molecule has 2 atom stereocenters. The minimum absolute atomic E-state index is 0.625. The van der Waals surface area contributed by atoms with Crippen molar-refractivity contribution < 1.29 is 4.57 Å². The number of hydrogen-bond acceptors (Lipinski definition) is 0. The molecular weight excluding hydrogens is 328 g/mol. The minimum atomic E-state index is 0.625. The molecule has 0 fully saturated rings. The Balaban J connectivity index is 2.33. The second kappa shape index (κ2) is 16.2. The molecule has 0 radical (unpaired) electrons. The van der Waals surface area contributed by atoms with E-state index in [0.29, 0.717) is 12.0 Å². The fraction of sp³-hybridized carbons (Fsp3) is 0.880. The van der Waals surface area contributed by atoms with Gasteiger partial charge in [-0.25, -0.2) is 9.55 Å². The van der Waals surface area contributed by atoms with Gasteiger partial charge in [0, 0.05) is 0 Å². The summed E-state index contributed by atoms with van der Waals surface area (Å²) >= 11 is 0. The van der Waals surface area contributed by atoms with Crippen molar-refractivity contribution >= 4 is 0 Å². The van der Waals surface area contributed by atoms with E-state index in [-0.39, 0.29) is 0 Å². The van der Waals surface area contributed by atoms with Crippen molar-refractivity contribution in [3.8, 4) is 0 Å². The number of unbranched alkanes of at least 4 members (excludes halogenated alkanes) is 11. The average Bonchev–Trinajstić information content (AvgIpc) is 3.16. The Morgan fingerprint density at radius 3 is 1.81 bits per heavy atom. The van der Waals surface area contributed by atoms with Crippen molar-refractivity contribution in [2.45, 2.75) is 142 Å². The van der Waals surface area contributed by atoms with E-state index in [4.69, 9.17) is 0 Å².